The molecule has 1 aromatic rings. The first-order valence-corrected chi connectivity index (χ1v) is 6.65. The van der Waals surface area contributed by atoms with Gasteiger partial charge in [0.25, 0.3) is 0 Å². The van der Waals surface area contributed by atoms with Gasteiger partial charge in [0.2, 0.25) is 0 Å². The van der Waals surface area contributed by atoms with Crippen LogP contribution in [0.2, 0.25) is 0 Å². The number of hydrogen-bond acceptors (Lipinski definition) is 2. The first-order chi connectivity index (χ1) is 7.14. The van der Waals surface area contributed by atoms with Crippen LogP contribution >= 0.6 is 23.5 Å². The van der Waals surface area contributed by atoms with Crippen molar-refractivity contribution in [2.75, 3.05) is 5.88 Å². The molecule has 3 heteroatoms. The topological polar surface area (TPSA) is 12.0 Å². The number of alkyl halides is 1. The summed E-state index contributed by atoms with van der Waals surface area (Å²) in [5.74, 6) is 1.69. The van der Waals surface area contributed by atoms with E-state index in [2.05, 4.69) is 42.8 Å². The molecule has 1 N–H and O–H groups in total. The molecule has 0 radical (unpaired) electrons. The van der Waals surface area contributed by atoms with Gasteiger partial charge in [-0.1, -0.05) is 42.3 Å². The Balaban J connectivity index is 2.27. The number of benzene rings is 1. The van der Waals surface area contributed by atoms with E-state index in [1.165, 1.54) is 5.56 Å². The molecule has 0 unspecified atom stereocenters. The molecule has 0 aliphatic carbocycles. The van der Waals surface area contributed by atoms with Crippen LogP contribution in [0, 0.1) is 0 Å². The van der Waals surface area contributed by atoms with Gasteiger partial charge in [-0.25, -0.2) is 0 Å². The van der Waals surface area contributed by atoms with Crippen LogP contribution in [0.1, 0.15) is 25.8 Å². The predicted molar refractivity (Wildman–Crippen MR) is 70.3 cm³/mol. The lowest BCUT2D eigenvalue weighted by Gasteiger charge is -2.24. The van der Waals surface area contributed by atoms with Crippen LogP contribution in [0.25, 0.3) is 0 Å². The molecule has 0 aliphatic heterocycles. The SMILES string of the molecule is CC(C)(CCCl)NSCc1ccccc1. The second-order valence-corrected chi connectivity index (χ2v) is 5.36. The fourth-order valence-electron chi connectivity index (χ4n) is 1.18. The van der Waals surface area contributed by atoms with Crippen molar-refractivity contribution in [2.45, 2.75) is 31.6 Å². The molecule has 0 heterocycles. The Morgan fingerprint density at radius 2 is 1.93 bits per heavy atom. The van der Waals surface area contributed by atoms with Gasteiger partial charge < -0.3 is 0 Å². The highest BCUT2D eigenvalue weighted by atomic mass is 35.5. The summed E-state index contributed by atoms with van der Waals surface area (Å²) >= 11 is 7.48. The molecule has 0 saturated carbocycles. The molecule has 0 aromatic heterocycles. The van der Waals surface area contributed by atoms with Crippen LogP contribution in [0.4, 0.5) is 0 Å². The van der Waals surface area contributed by atoms with Crippen molar-refractivity contribution in [1.82, 2.24) is 4.72 Å². The van der Waals surface area contributed by atoms with Gasteiger partial charge in [-0.05, 0) is 25.8 Å². The van der Waals surface area contributed by atoms with Gasteiger partial charge in [-0.3, -0.25) is 4.72 Å². The normalized spacial score (nSPS) is 11.7. The lowest BCUT2D eigenvalue weighted by Crippen LogP contribution is -2.34. The summed E-state index contributed by atoms with van der Waals surface area (Å²) in [6, 6.07) is 10.5. The number of hydrogen-bond donors (Lipinski definition) is 1. The van der Waals surface area contributed by atoms with Crippen LogP contribution in [0.3, 0.4) is 0 Å². The minimum Gasteiger partial charge on any atom is -0.258 e. The quantitative estimate of drug-likeness (QED) is 0.602. The van der Waals surface area contributed by atoms with Crippen LogP contribution < -0.4 is 4.72 Å². The zero-order valence-corrected chi connectivity index (χ0v) is 10.9. The molecule has 1 nitrogen and oxygen atoms in total. The Labute approximate surface area is 102 Å². The highest BCUT2D eigenvalue weighted by Crippen LogP contribution is 2.16. The van der Waals surface area contributed by atoms with Crippen molar-refractivity contribution in [2.24, 2.45) is 0 Å². The van der Waals surface area contributed by atoms with Crippen LogP contribution in [0.5, 0.6) is 0 Å². The van der Waals surface area contributed by atoms with Gasteiger partial charge in [-0.2, -0.15) is 0 Å². The molecule has 1 aromatic carbocycles. The second kappa shape index (κ2) is 6.41. The van der Waals surface area contributed by atoms with E-state index in [9.17, 15) is 0 Å². The average molecular weight is 244 g/mol. The second-order valence-electron chi connectivity index (χ2n) is 4.20. The summed E-state index contributed by atoms with van der Waals surface area (Å²) in [6.45, 7) is 4.35. The number of halogens is 1. The molecule has 0 spiro atoms. The maximum Gasteiger partial charge on any atom is 0.0330 e. The Bertz CT molecular complexity index is 274. The molecular weight excluding hydrogens is 226 g/mol. The maximum atomic E-state index is 5.73. The summed E-state index contributed by atoms with van der Waals surface area (Å²) in [5.41, 5.74) is 1.46. The summed E-state index contributed by atoms with van der Waals surface area (Å²) in [4.78, 5) is 0. The van der Waals surface area contributed by atoms with Crippen molar-refractivity contribution in [3.63, 3.8) is 0 Å². The highest BCUT2D eigenvalue weighted by Gasteiger charge is 2.15. The third-order valence-corrected chi connectivity index (χ3v) is 3.51. The monoisotopic (exact) mass is 243 g/mol. The molecule has 84 valence electrons. The van der Waals surface area contributed by atoms with Crippen LogP contribution in [0.15, 0.2) is 30.3 Å². The van der Waals surface area contributed by atoms with Gasteiger partial charge in [-0.15, -0.1) is 11.6 Å². The summed E-state index contributed by atoms with van der Waals surface area (Å²) in [5, 5.41) is 0. The van der Waals surface area contributed by atoms with Gasteiger partial charge in [0.15, 0.2) is 0 Å². The maximum absolute atomic E-state index is 5.73. The molecule has 0 amide bonds. The minimum atomic E-state index is 0.112. The zero-order chi connectivity index (χ0) is 11.1. The van der Waals surface area contributed by atoms with E-state index in [0.29, 0.717) is 5.88 Å². The van der Waals surface area contributed by atoms with E-state index in [-0.39, 0.29) is 5.54 Å². The van der Waals surface area contributed by atoms with Crippen molar-refractivity contribution >= 4 is 23.5 Å². The molecule has 0 atom stereocenters. The molecular formula is C12H18ClNS. The van der Waals surface area contributed by atoms with Gasteiger partial charge in [0.1, 0.15) is 0 Å². The van der Waals surface area contributed by atoms with Crippen molar-refractivity contribution in [3.05, 3.63) is 35.9 Å². The third kappa shape index (κ3) is 5.45. The van der Waals surface area contributed by atoms with E-state index in [4.69, 9.17) is 11.6 Å². The van der Waals surface area contributed by atoms with Gasteiger partial charge in [0.05, 0.1) is 0 Å². The summed E-state index contributed by atoms with van der Waals surface area (Å²) in [7, 11) is 0. The Hall–Kier alpha value is -0.180. The third-order valence-electron chi connectivity index (χ3n) is 2.15. The van der Waals surface area contributed by atoms with E-state index >= 15 is 0 Å². The number of rotatable bonds is 6. The Morgan fingerprint density at radius 1 is 1.27 bits per heavy atom. The van der Waals surface area contributed by atoms with Gasteiger partial charge >= 0.3 is 0 Å². The molecule has 0 bridgehead atoms. The average Bonchev–Trinajstić information content (AvgIpc) is 2.19. The summed E-state index contributed by atoms with van der Waals surface area (Å²) < 4.78 is 3.44. The van der Waals surface area contributed by atoms with Crippen molar-refractivity contribution in [3.8, 4) is 0 Å². The standard InChI is InChI=1S/C12H18ClNS/c1-12(2,8-9-13)14-15-10-11-6-4-3-5-7-11/h3-7,14H,8-10H2,1-2H3. The molecule has 0 fully saturated rings. The van der Waals surface area contributed by atoms with E-state index in [1.54, 1.807) is 11.9 Å². The lowest BCUT2D eigenvalue weighted by atomic mass is 10.0. The molecule has 0 aliphatic rings. The summed E-state index contributed by atoms with van der Waals surface area (Å²) in [6.07, 6.45) is 0.982. The fraction of sp³-hybridized carbons (Fsp3) is 0.500. The van der Waals surface area contributed by atoms with E-state index < -0.39 is 0 Å². The van der Waals surface area contributed by atoms with Crippen molar-refractivity contribution in [1.29, 1.82) is 0 Å². The largest absolute Gasteiger partial charge is 0.258 e. The Kier molecular flexibility index (Phi) is 5.51. The molecule has 1 rings (SSSR count). The van der Waals surface area contributed by atoms with Gasteiger partial charge in [0, 0.05) is 17.2 Å². The van der Waals surface area contributed by atoms with E-state index in [0.717, 1.165) is 12.2 Å². The Morgan fingerprint density at radius 3 is 2.53 bits per heavy atom. The smallest absolute Gasteiger partial charge is 0.0330 e. The first kappa shape index (κ1) is 12.9. The zero-order valence-electron chi connectivity index (χ0n) is 9.29. The van der Waals surface area contributed by atoms with Crippen LogP contribution in [-0.4, -0.2) is 11.4 Å². The molecule has 15 heavy (non-hydrogen) atoms. The number of nitrogens with one attached hydrogen (secondary N) is 1. The highest BCUT2D eigenvalue weighted by molar-refractivity contribution is 7.96. The van der Waals surface area contributed by atoms with Crippen molar-refractivity contribution < 1.29 is 0 Å². The lowest BCUT2D eigenvalue weighted by molar-refractivity contribution is 0.467. The minimum absolute atomic E-state index is 0.112. The van der Waals surface area contributed by atoms with E-state index in [1.807, 2.05) is 6.07 Å². The van der Waals surface area contributed by atoms with Crippen LogP contribution in [-0.2, 0) is 5.75 Å². The predicted octanol–water partition coefficient (Wildman–Crippen LogP) is 3.83. The first-order valence-electron chi connectivity index (χ1n) is 5.13. The fourth-order valence-corrected chi connectivity index (χ4v) is 2.57. The molecule has 0 saturated heterocycles.